The average Bonchev–Trinajstić information content (AvgIpc) is 2.90. The van der Waals surface area contributed by atoms with Gasteiger partial charge in [-0.05, 0) is 36.6 Å². The summed E-state index contributed by atoms with van der Waals surface area (Å²) in [6.07, 6.45) is 6.99. The Morgan fingerprint density at radius 1 is 1.47 bits per heavy atom. The molecule has 1 saturated carbocycles. The lowest BCUT2D eigenvalue weighted by atomic mass is 10.1. The molecule has 0 radical (unpaired) electrons. The van der Waals surface area contributed by atoms with E-state index in [-0.39, 0.29) is 5.78 Å². The summed E-state index contributed by atoms with van der Waals surface area (Å²) in [4.78, 5) is 11.6. The van der Waals surface area contributed by atoms with Gasteiger partial charge in [-0.1, -0.05) is 12.8 Å². The van der Waals surface area contributed by atoms with E-state index in [0.717, 1.165) is 11.7 Å². The van der Waals surface area contributed by atoms with Crippen molar-refractivity contribution in [1.29, 1.82) is 0 Å². The molecule has 1 aliphatic rings. The number of furan rings is 1. The molecule has 1 fully saturated rings. The summed E-state index contributed by atoms with van der Waals surface area (Å²) in [6.45, 7) is 0. The molecule has 3 heteroatoms. The summed E-state index contributed by atoms with van der Waals surface area (Å²) < 4.78 is 5.05. The number of carbonyl (C=O) groups is 1. The molecule has 0 bridgehead atoms. The summed E-state index contributed by atoms with van der Waals surface area (Å²) in [7, 11) is 0. The summed E-state index contributed by atoms with van der Waals surface area (Å²) in [5.41, 5.74) is 0. The highest BCUT2D eigenvalue weighted by molar-refractivity contribution is 7.99. The number of ketones is 1. The van der Waals surface area contributed by atoms with Crippen LogP contribution in [-0.4, -0.2) is 17.3 Å². The Labute approximate surface area is 94.4 Å². The lowest BCUT2D eigenvalue weighted by Gasteiger charge is -2.06. The van der Waals surface area contributed by atoms with E-state index in [4.69, 9.17) is 4.42 Å². The first-order valence-corrected chi connectivity index (χ1v) is 6.66. The van der Waals surface area contributed by atoms with Gasteiger partial charge in [0.05, 0.1) is 12.0 Å². The van der Waals surface area contributed by atoms with Crippen LogP contribution in [0.25, 0.3) is 0 Å². The molecule has 2 nitrogen and oxygen atoms in total. The predicted molar refractivity (Wildman–Crippen MR) is 62.3 cm³/mol. The Hall–Kier alpha value is -0.700. The molecule has 2 rings (SSSR count). The largest absolute Gasteiger partial charge is 0.461 e. The highest BCUT2D eigenvalue weighted by atomic mass is 32.2. The van der Waals surface area contributed by atoms with Crippen LogP contribution in [0.15, 0.2) is 22.8 Å². The van der Waals surface area contributed by atoms with Crippen molar-refractivity contribution in [1.82, 2.24) is 0 Å². The molecule has 0 saturated heterocycles. The second kappa shape index (κ2) is 5.40. The summed E-state index contributed by atoms with van der Waals surface area (Å²) in [5.74, 6) is 3.15. The molecular formula is C12H16O2S. The average molecular weight is 224 g/mol. The fourth-order valence-corrected chi connectivity index (χ4v) is 3.12. The SMILES string of the molecule is O=C(CSCC1CCCC1)c1ccco1. The van der Waals surface area contributed by atoms with E-state index < -0.39 is 0 Å². The van der Waals surface area contributed by atoms with Gasteiger partial charge >= 0.3 is 0 Å². The van der Waals surface area contributed by atoms with E-state index in [1.54, 1.807) is 30.2 Å². The highest BCUT2D eigenvalue weighted by Crippen LogP contribution is 2.27. The second-order valence-corrected chi connectivity index (χ2v) is 5.10. The van der Waals surface area contributed by atoms with Crippen LogP contribution in [-0.2, 0) is 0 Å². The van der Waals surface area contributed by atoms with Crippen molar-refractivity contribution in [2.75, 3.05) is 11.5 Å². The van der Waals surface area contributed by atoms with Crippen molar-refractivity contribution in [3.63, 3.8) is 0 Å². The van der Waals surface area contributed by atoms with E-state index >= 15 is 0 Å². The van der Waals surface area contributed by atoms with Crippen LogP contribution in [0.2, 0.25) is 0 Å². The van der Waals surface area contributed by atoms with E-state index in [2.05, 4.69) is 0 Å². The van der Waals surface area contributed by atoms with Gasteiger partial charge in [-0.25, -0.2) is 0 Å². The Morgan fingerprint density at radius 2 is 2.27 bits per heavy atom. The zero-order valence-electron chi connectivity index (χ0n) is 8.78. The highest BCUT2D eigenvalue weighted by Gasteiger charge is 2.16. The van der Waals surface area contributed by atoms with Gasteiger partial charge < -0.3 is 4.42 Å². The molecule has 0 spiro atoms. The number of hydrogen-bond donors (Lipinski definition) is 0. The molecule has 0 N–H and O–H groups in total. The lowest BCUT2D eigenvalue weighted by molar-refractivity contribution is 0.0992. The molecule has 1 heterocycles. The lowest BCUT2D eigenvalue weighted by Crippen LogP contribution is -2.04. The molecule has 1 aliphatic carbocycles. The van der Waals surface area contributed by atoms with Crippen molar-refractivity contribution in [2.24, 2.45) is 5.92 Å². The van der Waals surface area contributed by atoms with Crippen molar-refractivity contribution in [3.8, 4) is 0 Å². The van der Waals surface area contributed by atoms with E-state index in [1.807, 2.05) is 0 Å². The van der Waals surface area contributed by atoms with Gasteiger partial charge in [0, 0.05) is 0 Å². The fraction of sp³-hybridized carbons (Fsp3) is 0.583. The second-order valence-electron chi connectivity index (χ2n) is 4.07. The molecule has 0 amide bonds. The minimum absolute atomic E-state index is 0.114. The summed E-state index contributed by atoms with van der Waals surface area (Å²) >= 11 is 1.75. The Morgan fingerprint density at radius 3 is 2.93 bits per heavy atom. The van der Waals surface area contributed by atoms with Crippen LogP contribution in [0.3, 0.4) is 0 Å². The van der Waals surface area contributed by atoms with Gasteiger partial charge in [-0.15, -0.1) is 0 Å². The molecule has 0 unspecified atom stereocenters. The molecule has 1 aromatic rings. The number of carbonyl (C=O) groups excluding carboxylic acids is 1. The third-order valence-corrected chi connectivity index (χ3v) is 4.03. The van der Waals surface area contributed by atoms with E-state index in [1.165, 1.54) is 25.7 Å². The van der Waals surface area contributed by atoms with Crippen molar-refractivity contribution < 1.29 is 9.21 Å². The topological polar surface area (TPSA) is 30.2 Å². The number of rotatable bonds is 5. The normalized spacial score (nSPS) is 17.1. The smallest absolute Gasteiger partial charge is 0.207 e. The third kappa shape index (κ3) is 3.13. The van der Waals surface area contributed by atoms with Gasteiger partial charge in [0.15, 0.2) is 5.76 Å². The Bertz CT molecular complexity index is 299. The van der Waals surface area contributed by atoms with E-state index in [0.29, 0.717) is 11.5 Å². The molecular weight excluding hydrogens is 208 g/mol. The maximum atomic E-state index is 11.6. The third-order valence-electron chi connectivity index (χ3n) is 2.86. The monoisotopic (exact) mass is 224 g/mol. The van der Waals surface area contributed by atoms with Gasteiger partial charge in [0.25, 0.3) is 0 Å². The quantitative estimate of drug-likeness (QED) is 0.718. The van der Waals surface area contributed by atoms with Crippen molar-refractivity contribution in [2.45, 2.75) is 25.7 Å². The first kappa shape index (κ1) is 10.8. The molecule has 0 aliphatic heterocycles. The van der Waals surface area contributed by atoms with Crippen LogP contribution in [0.5, 0.6) is 0 Å². The predicted octanol–water partition coefficient (Wildman–Crippen LogP) is 3.39. The Kier molecular flexibility index (Phi) is 3.89. The first-order chi connectivity index (χ1) is 7.36. The van der Waals surface area contributed by atoms with Crippen LogP contribution < -0.4 is 0 Å². The van der Waals surface area contributed by atoms with Crippen LogP contribution >= 0.6 is 11.8 Å². The molecule has 82 valence electrons. The van der Waals surface area contributed by atoms with Gasteiger partial charge in [-0.3, -0.25) is 4.79 Å². The molecule has 1 aromatic heterocycles. The molecule has 0 aromatic carbocycles. The summed E-state index contributed by atoms with van der Waals surface area (Å²) in [5, 5.41) is 0. The number of thioether (sulfide) groups is 1. The molecule has 0 atom stereocenters. The standard InChI is InChI=1S/C12H16O2S/c13-11(12-6-3-7-14-12)9-15-8-10-4-1-2-5-10/h3,6-7,10H,1-2,4-5,8-9H2. The maximum Gasteiger partial charge on any atom is 0.207 e. The zero-order valence-corrected chi connectivity index (χ0v) is 9.59. The first-order valence-electron chi connectivity index (χ1n) is 5.50. The summed E-state index contributed by atoms with van der Waals surface area (Å²) in [6, 6.07) is 3.49. The van der Waals surface area contributed by atoms with Crippen LogP contribution in [0, 0.1) is 5.92 Å². The maximum absolute atomic E-state index is 11.6. The Balaban J connectivity index is 1.67. The van der Waals surface area contributed by atoms with Gasteiger partial charge in [0.1, 0.15) is 0 Å². The van der Waals surface area contributed by atoms with Crippen molar-refractivity contribution >= 4 is 17.5 Å². The number of Topliss-reactive ketones (excluding diaryl/α,β-unsaturated/α-hetero) is 1. The number of hydrogen-bond acceptors (Lipinski definition) is 3. The van der Waals surface area contributed by atoms with Crippen LogP contribution in [0.4, 0.5) is 0 Å². The van der Waals surface area contributed by atoms with Crippen LogP contribution in [0.1, 0.15) is 36.2 Å². The fourth-order valence-electron chi connectivity index (χ4n) is 2.00. The zero-order chi connectivity index (χ0) is 10.5. The van der Waals surface area contributed by atoms with Gasteiger partial charge in [-0.2, -0.15) is 11.8 Å². The van der Waals surface area contributed by atoms with Gasteiger partial charge in [0.2, 0.25) is 5.78 Å². The van der Waals surface area contributed by atoms with E-state index in [9.17, 15) is 4.79 Å². The minimum atomic E-state index is 0.114. The minimum Gasteiger partial charge on any atom is -0.461 e. The molecule has 15 heavy (non-hydrogen) atoms. The van der Waals surface area contributed by atoms with Crippen molar-refractivity contribution in [3.05, 3.63) is 24.2 Å².